The molecule has 2 aromatic rings. The lowest BCUT2D eigenvalue weighted by atomic mass is 10.2. The minimum Gasteiger partial charge on any atom is -0.334 e. The maximum atomic E-state index is 12.0. The first kappa shape index (κ1) is 17.2. The molecule has 7 heteroatoms. The number of carbonyl (C=O) groups excluding carboxylic acids is 1. The van der Waals surface area contributed by atoms with E-state index in [2.05, 4.69) is 64.6 Å². The second-order valence-electron chi connectivity index (χ2n) is 6.74. The van der Waals surface area contributed by atoms with Gasteiger partial charge < -0.3 is 10.6 Å². The average molecular weight is 331 g/mol. The fraction of sp³-hybridized carbons (Fsp3) is 0.438. The molecule has 0 aliphatic heterocycles. The Labute approximate surface area is 138 Å². The first-order valence-corrected chi connectivity index (χ1v) is 11.2. The summed E-state index contributed by atoms with van der Waals surface area (Å²) < 4.78 is 1.65. The lowest BCUT2D eigenvalue weighted by molar-refractivity contribution is 0.237. The SMILES string of the molecule is CC(NC(=O)NCc1ccc([Si](C)(C)C)cc1)c1ncnn1C. The van der Waals surface area contributed by atoms with E-state index in [1.807, 2.05) is 6.92 Å². The molecular formula is C16H25N5OSi. The number of nitrogens with zero attached hydrogens (tertiary/aromatic N) is 3. The second kappa shape index (κ2) is 6.95. The van der Waals surface area contributed by atoms with Crippen molar-refractivity contribution in [2.75, 3.05) is 0 Å². The molecule has 0 saturated carbocycles. The molecule has 1 heterocycles. The summed E-state index contributed by atoms with van der Waals surface area (Å²) in [7, 11) is 0.530. The Bertz CT molecular complexity index is 660. The van der Waals surface area contributed by atoms with Gasteiger partial charge in [-0.05, 0) is 12.5 Å². The van der Waals surface area contributed by atoms with Crippen LogP contribution in [0.15, 0.2) is 30.6 Å². The monoisotopic (exact) mass is 331 g/mol. The summed E-state index contributed by atoms with van der Waals surface area (Å²) >= 11 is 0. The van der Waals surface area contributed by atoms with E-state index >= 15 is 0 Å². The van der Waals surface area contributed by atoms with Crippen molar-refractivity contribution in [3.8, 4) is 0 Å². The summed E-state index contributed by atoms with van der Waals surface area (Å²) in [4.78, 5) is 16.1. The third-order valence-corrected chi connectivity index (χ3v) is 5.82. The molecule has 0 bridgehead atoms. The van der Waals surface area contributed by atoms with Gasteiger partial charge in [-0.2, -0.15) is 5.10 Å². The molecule has 0 aliphatic rings. The molecule has 0 spiro atoms. The quantitative estimate of drug-likeness (QED) is 0.822. The summed E-state index contributed by atoms with van der Waals surface area (Å²) in [5.74, 6) is 0.722. The third-order valence-electron chi connectivity index (χ3n) is 3.75. The van der Waals surface area contributed by atoms with E-state index in [1.165, 1.54) is 11.5 Å². The Morgan fingerprint density at radius 3 is 2.43 bits per heavy atom. The van der Waals surface area contributed by atoms with Crippen LogP contribution in [0.5, 0.6) is 0 Å². The zero-order valence-corrected chi connectivity index (χ0v) is 15.4. The molecule has 1 aromatic carbocycles. The lowest BCUT2D eigenvalue weighted by Gasteiger charge is -2.17. The van der Waals surface area contributed by atoms with E-state index in [-0.39, 0.29) is 12.1 Å². The molecule has 2 rings (SSSR count). The number of nitrogens with one attached hydrogen (secondary N) is 2. The summed E-state index contributed by atoms with van der Waals surface area (Å²) in [5.41, 5.74) is 1.09. The van der Waals surface area contributed by atoms with Crippen molar-refractivity contribution < 1.29 is 4.79 Å². The fourth-order valence-electron chi connectivity index (χ4n) is 2.31. The van der Waals surface area contributed by atoms with Crippen LogP contribution in [-0.2, 0) is 13.6 Å². The molecule has 0 fully saturated rings. The van der Waals surface area contributed by atoms with Gasteiger partial charge in [0, 0.05) is 13.6 Å². The molecule has 23 heavy (non-hydrogen) atoms. The van der Waals surface area contributed by atoms with Gasteiger partial charge in [0.25, 0.3) is 0 Å². The van der Waals surface area contributed by atoms with Crippen molar-refractivity contribution >= 4 is 19.3 Å². The number of aromatic nitrogens is 3. The molecule has 1 unspecified atom stereocenters. The van der Waals surface area contributed by atoms with Crippen LogP contribution in [-0.4, -0.2) is 28.9 Å². The highest BCUT2D eigenvalue weighted by molar-refractivity contribution is 6.88. The van der Waals surface area contributed by atoms with E-state index in [4.69, 9.17) is 0 Å². The molecule has 1 atom stereocenters. The molecule has 0 saturated heterocycles. The van der Waals surface area contributed by atoms with Crippen LogP contribution in [0.1, 0.15) is 24.4 Å². The van der Waals surface area contributed by atoms with E-state index in [9.17, 15) is 4.79 Å². The highest BCUT2D eigenvalue weighted by atomic mass is 28.3. The summed E-state index contributed by atoms with van der Waals surface area (Å²) in [6.07, 6.45) is 1.48. The topological polar surface area (TPSA) is 71.8 Å². The Morgan fingerprint density at radius 1 is 1.26 bits per heavy atom. The Balaban J connectivity index is 1.86. The summed E-state index contributed by atoms with van der Waals surface area (Å²) in [6, 6.07) is 8.10. The van der Waals surface area contributed by atoms with Crippen molar-refractivity contribution in [2.24, 2.45) is 7.05 Å². The molecule has 1 aromatic heterocycles. The van der Waals surface area contributed by atoms with Gasteiger partial charge in [0.15, 0.2) is 0 Å². The molecular weight excluding hydrogens is 306 g/mol. The molecule has 0 radical (unpaired) electrons. The Morgan fingerprint density at radius 2 is 1.91 bits per heavy atom. The predicted molar refractivity (Wildman–Crippen MR) is 94.2 cm³/mol. The zero-order chi connectivity index (χ0) is 17.0. The normalized spacial score (nSPS) is 12.7. The number of urea groups is 1. The number of amides is 2. The highest BCUT2D eigenvalue weighted by Crippen LogP contribution is 2.07. The van der Waals surface area contributed by atoms with Gasteiger partial charge in [-0.1, -0.05) is 49.1 Å². The largest absolute Gasteiger partial charge is 0.334 e. The van der Waals surface area contributed by atoms with Gasteiger partial charge in [0.1, 0.15) is 12.2 Å². The van der Waals surface area contributed by atoms with Crippen LogP contribution in [0, 0.1) is 0 Å². The maximum absolute atomic E-state index is 12.0. The molecule has 2 N–H and O–H groups in total. The van der Waals surface area contributed by atoms with E-state index in [0.29, 0.717) is 6.54 Å². The van der Waals surface area contributed by atoms with Crippen LogP contribution in [0.2, 0.25) is 19.6 Å². The van der Waals surface area contributed by atoms with Crippen molar-refractivity contribution in [2.45, 2.75) is 39.2 Å². The molecule has 2 amide bonds. The fourth-order valence-corrected chi connectivity index (χ4v) is 3.48. The van der Waals surface area contributed by atoms with E-state index in [1.54, 1.807) is 11.7 Å². The van der Waals surface area contributed by atoms with Crippen molar-refractivity contribution in [3.63, 3.8) is 0 Å². The number of benzene rings is 1. The summed E-state index contributed by atoms with van der Waals surface area (Å²) in [5, 5.41) is 11.2. The van der Waals surface area contributed by atoms with E-state index in [0.717, 1.165) is 11.4 Å². The van der Waals surface area contributed by atoms with Crippen LogP contribution in [0.25, 0.3) is 0 Å². The van der Waals surface area contributed by atoms with Gasteiger partial charge in [0.2, 0.25) is 0 Å². The van der Waals surface area contributed by atoms with Gasteiger partial charge in [-0.25, -0.2) is 9.78 Å². The van der Waals surface area contributed by atoms with Crippen molar-refractivity contribution in [3.05, 3.63) is 42.0 Å². The number of hydrogen-bond donors (Lipinski definition) is 2. The van der Waals surface area contributed by atoms with Crippen LogP contribution in [0.3, 0.4) is 0 Å². The molecule has 6 nitrogen and oxygen atoms in total. The van der Waals surface area contributed by atoms with Crippen molar-refractivity contribution in [1.29, 1.82) is 0 Å². The van der Waals surface area contributed by atoms with Gasteiger partial charge >= 0.3 is 6.03 Å². The van der Waals surface area contributed by atoms with E-state index < -0.39 is 8.07 Å². The minimum absolute atomic E-state index is 0.197. The average Bonchev–Trinajstić information content (AvgIpc) is 2.91. The standard InChI is InChI=1S/C16H25N5OSi/c1-12(15-18-11-19-21(15)2)20-16(22)17-10-13-6-8-14(9-7-13)23(3,4)5/h6-9,11-12H,10H2,1-5H3,(H2,17,20,22). The van der Waals surface area contributed by atoms with Gasteiger partial charge in [0.05, 0.1) is 14.1 Å². The first-order chi connectivity index (χ1) is 10.8. The first-order valence-electron chi connectivity index (χ1n) is 7.75. The van der Waals surface area contributed by atoms with Crippen LogP contribution >= 0.6 is 0 Å². The van der Waals surface area contributed by atoms with Crippen molar-refractivity contribution in [1.82, 2.24) is 25.4 Å². The smallest absolute Gasteiger partial charge is 0.315 e. The lowest BCUT2D eigenvalue weighted by Crippen LogP contribution is -2.38. The number of aryl methyl sites for hydroxylation is 1. The molecule has 124 valence electrons. The van der Waals surface area contributed by atoms with Crippen LogP contribution < -0.4 is 15.8 Å². The van der Waals surface area contributed by atoms with Gasteiger partial charge in [-0.3, -0.25) is 4.68 Å². The second-order valence-corrected chi connectivity index (χ2v) is 11.8. The third kappa shape index (κ3) is 4.66. The molecule has 0 aliphatic carbocycles. The highest BCUT2D eigenvalue weighted by Gasteiger charge is 2.16. The predicted octanol–water partition coefficient (Wildman–Crippen LogP) is 1.92. The van der Waals surface area contributed by atoms with Crippen LogP contribution in [0.4, 0.5) is 4.79 Å². The number of carbonyl (C=O) groups is 1. The number of rotatable bonds is 5. The zero-order valence-electron chi connectivity index (χ0n) is 14.4. The summed E-state index contributed by atoms with van der Waals surface area (Å²) in [6.45, 7) is 9.35. The maximum Gasteiger partial charge on any atom is 0.315 e. The minimum atomic E-state index is -1.27. The Kier molecular flexibility index (Phi) is 5.20. The Hall–Kier alpha value is -2.15. The number of hydrogen-bond acceptors (Lipinski definition) is 3. The van der Waals surface area contributed by atoms with Gasteiger partial charge in [-0.15, -0.1) is 0 Å².